The van der Waals surface area contributed by atoms with E-state index in [1.54, 1.807) is 44.3 Å². The fraction of sp³-hybridized carbons (Fsp3) is 0.160. The number of halogens is 2. The maximum atomic E-state index is 14.2. The topological polar surface area (TPSA) is 70.9 Å². The van der Waals surface area contributed by atoms with Crippen LogP contribution in [0.5, 0.6) is 0 Å². The van der Waals surface area contributed by atoms with Crippen molar-refractivity contribution in [3.05, 3.63) is 89.9 Å². The molecule has 7 heteroatoms. The molecule has 0 atom stereocenters. The first-order valence-corrected chi connectivity index (χ1v) is 10.1. The van der Waals surface area contributed by atoms with Gasteiger partial charge in [0.2, 0.25) is 0 Å². The fourth-order valence-corrected chi connectivity index (χ4v) is 3.22. The Balaban J connectivity index is 1.66. The highest BCUT2D eigenvalue weighted by atomic mass is 19.1. The molecule has 0 fully saturated rings. The van der Waals surface area contributed by atoms with E-state index in [1.165, 1.54) is 12.1 Å². The van der Waals surface area contributed by atoms with Crippen molar-refractivity contribution in [3.63, 3.8) is 0 Å². The number of benzene rings is 2. The molecule has 0 spiro atoms. The van der Waals surface area contributed by atoms with Crippen LogP contribution in [-0.2, 0) is 5.60 Å². The third-order valence-corrected chi connectivity index (χ3v) is 4.96. The Bertz CT molecular complexity index is 1290. The molecule has 4 aromatic rings. The highest BCUT2D eigenvalue weighted by Crippen LogP contribution is 2.29. The second-order valence-electron chi connectivity index (χ2n) is 8.01. The summed E-state index contributed by atoms with van der Waals surface area (Å²) in [6.07, 6.45) is 1.62. The fourth-order valence-electron chi connectivity index (χ4n) is 3.22. The van der Waals surface area contributed by atoms with Crippen LogP contribution in [0.4, 0.5) is 20.3 Å². The van der Waals surface area contributed by atoms with E-state index >= 15 is 0 Å². The van der Waals surface area contributed by atoms with Crippen LogP contribution in [0.1, 0.15) is 25.2 Å². The number of pyridine rings is 1. The van der Waals surface area contributed by atoms with Crippen molar-refractivity contribution < 1.29 is 13.9 Å². The van der Waals surface area contributed by atoms with E-state index in [-0.39, 0.29) is 5.56 Å². The Morgan fingerprint density at radius 1 is 0.906 bits per heavy atom. The van der Waals surface area contributed by atoms with Gasteiger partial charge in [0.15, 0.2) is 5.82 Å². The molecular formula is C25H22F2N4O. The second-order valence-corrected chi connectivity index (χ2v) is 8.01. The number of hydrogen-bond acceptors (Lipinski definition) is 5. The standard InChI is InChI=1S/C25H22F2N4O/c1-15-7-8-16(20-11-12-28-24(31-20)25(2,3)32)13-22(15)30-23-6-4-5-21(29-23)18-10-9-17(26)14-19(18)27/h4-14,32H,1-3H3,(H,29,30). The van der Waals surface area contributed by atoms with Gasteiger partial charge >= 0.3 is 0 Å². The van der Waals surface area contributed by atoms with Crippen LogP contribution >= 0.6 is 0 Å². The minimum absolute atomic E-state index is 0.223. The van der Waals surface area contributed by atoms with E-state index in [0.717, 1.165) is 22.9 Å². The maximum Gasteiger partial charge on any atom is 0.159 e. The van der Waals surface area contributed by atoms with Crippen LogP contribution in [0.2, 0.25) is 0 Å². The predicted molar refractivity (Wildman–Crippen MR) is 120 cm³/mol. The number of rotatable bonds is 5. The third-order valence-electron chi connectivity index (χ3n) is 4.96. The molecule has 5 nitrogen and oxygen atoms in total. The monoisotopic (exact) mass is 432 g/mol. The van der Waals surface area contributed by atoms with E-state index in [4.69, 9.17) is 0 Å². The first-order chi connectivity index (χ1) is 15.2. The Kier molecular flexibility index (Phi) is 5.67. The number of hydrogen-bond donors (Lipinski definition) is 2. The van der Waals surface area contributed by atoms with E-state index < -0.39 is 17.2 Å². The van der Waals surface area contributed by atoms with Crippen LogP contribution in [0, 0.1) is 18.6 Å². The SMILES string of the molecule is Cc1ccc(-c2ccnc(C(C)(C)O)n2)cc1Nc1cccc(-c2ccc(F)cc2F)n1. The molecule has 0 bridgehead atoms. The molecule has 4 rings (SSSR count). The summed E-state index contributed by atoms with van der Waals surface area (Å²) < 4.78 is 27.4. The van der Waals surface area contributed by atoms with Crippen LogP contribution in [0.15, 0.2) is 66.9 Å². The molecule has 2 aromatic heterocycles. The van der Waals surface area contributed by atoms with Gasteiger partial charge in [-0.25, -0.2) is 23.7 Å². The lowest BCUT2D eigenvalue weighted by atomic mass is 10.1. The maximum absolute atomic E-state index is 14.2. The van der Waals surface area contributed by atoms with Gasteiger partial charge in [0, 0.05) is 29.1 Å². The predicted octanol–water partition coefficient (Wildman–Crippen LogP) is 5.76. The zero-order chi connectivity index (χ0) is 22.9. The summed E-state index contributed by atoms with van der Waals surface area (Å²) in [5, 5.41) is 13.5. The van der Waals surface area contributed by atoms with E-state index in [1.807, 2.05) is 25.1 Å². The average molecular weight is 432 g/mol. The molecule has 2 heterocycles. The van der Waals surface area contributed by atoms with Gasteiger partial charge in [0.05, 0.1) is 11.4 Å². The number of anilines is 2. The van der Waals surface area contributed by atoms with Gasteiger partial charge in [0.25, 0.3) is 0 Å². The summed E-state index contributed by atoms with van der Waals surface area (Å²) in [6.45, 7) is 5.23. The quantitative estimate of drug-likeness (QED) is 0.419. The molecule has 0 saturated heterocycles. The molecule has 0 amide bonds. The second kappa shape index (κ2) is 8.43. The number of nitrogens with one attached hydrogen (secondary N) is 1. The van der Waals surface area contributed by atoms with E-state index in [9.17, 15) is 13.9 Å². The highest BCUT2D eigenvalue weighted by molar-refractivity contribution is 5.71. The molecule has 2 N–H and O–H groups in total. The average Bonchev–Trinajstić information content (AvgIpc) is 2.75. The van der Waals surface area contributed by atoms with Crippen molar-refractivity contribution in [2.75, 3.05) is 5.32 Å². The first-order valence-electron chi connectivity index (χ1n) is 10.1. The Morgan fingerprint density at radius 2 is 1.72 bits per heavy atom. The molecule has 0 aliphatic rings. The van der Waals surface area contributed by atoms with Gasteiger partial charge in [-0.2, -0.15) is 0 Å². The molecule has 162 valence electrons. The summed E-state index contributed by atoms with van der Waals surface area (Å²) in [5.74, 6) is -0.447. The van der Waals surface area contributed by atoms with Gasteiger partial charge in [0.1, 0.15) is 23.1 Å². The Labute approximate surface area is 184 Å². The lowest BCUT2D eigenvalue weighted by molar-refractivity contribution is 0.0688. The number of nitrogens with zero attached hydrogens (tertiary/aromatic N) is 3. The van der Waals surface area contributed by atoms with Crippen molar-refractivity contribution in [1.29, 1.82) is 0 Å². The van der Waals surface area contributed by atoms with Gasteiger partial charge in [-0.05, 0) is 62.7 Å². The summed E-state index contributed by atoms with van der Waals surface area (Å²) in [4.78, 5) is 13.1. The molecule has 2 aromatic carbocycles. The highest BCUT2D eigenvalue weighted by Gasteiger charge is 2.20. The summed E-state index contributed by atoms with van der Waals surface area (Å²) >= 11 is 0. The van der Waals surface area contributed by atoms with Crippen molar-refractivity contribution in [2.45, 2.75) is 26.4 Å². The first kappa shape index (κ1) is 21.5. The van der Waals surface area contributed by atoms with Crippen LogP contribution in [0.3, 0.4) is 0 Å². The Hall–Kier alpha value is -3.71. The van der Waals surface area contributed by atoms with Crippen LogP contribution in [0.25, 0.3) is 22.5 Å². The molecule has 0 aliphatic carbocycles. The molecule has 0 unspecified atom stereocenters. The summed E-state index contributed by atoms with van der Waals surface area (Å²) in [7, 11) is 0. The Morgan fingerprint density at radius 3 is 2.47 bits per heavy atom. The zero-order valence-electron chi connectivity index (χ0n) is 17.9. The minimum atomic E-state index is -1.15. The number of aliphatic hydroxyl groups is 1. The molecule has 0 saturated carbocycles. The largest absolute Gasteiger partial charge is 0.382 e. The smallest absolute Gasteiger partial charge is 0.159 e. The van der Waals surface area contributed by atoms with E-state index in [0.29, 0.717) is 23.0 Å². The van der Waals surface area contributed by atoms with Crippen LogP contribution in [-0.4, -0.2) is 20.1 Å². The third kappa shape index (κ3) is 4.63. The van der Waals surface area contributed by atoms with Crippen molar-refractivity contribution in [1.82, 2.24) is 15.0 Å². The minimum Gasteiger partial charge on any atom is -0.382 e. The zero-order valence-corrected chi connectivity index (χ0v) is 17.9. The number of aromatic nitrogens is 3. The van der Waals surface area contributed by atoms with Gasteiger partial charge in [-0.3, -0.25) is 0 Å². The normalized spacial score (nSPS) is 11.4. The van der Waals surface area contributed by atoms with Crippen molar-refractivity contribution in [2.24, 2.45) is 0 Å². The number of aryl methyl sites for hydroxylation is 1. The summed E-state index contributed by atoms with van der Waals surface area (Å²) in [5.41, 5.74) is 2.76. The molecule has 0 radical (unpaired) electrons. The van der Waals surface area contributed by atoms with Crippen molar-refractivity contribution in [3.8, 4) is 22.5 Å². The molecular weight excluding hydrogens is 410 g/mol. The molecule has 32 heavy (non-hydrogen) atoms. The van der Waals surface area contributed by atoms with Gasteiger partial charge in [-0.1, -0.05) is 18.2 Å². The van der Waals surface area contributed by atoms with Gasteiger partial charge < -0.3 is 10.4 Å². The molecule has 0 aliphatic heterocycles. The van der Waals surface area contributed by atoms with Crippen LogP contribution < -0.4 is 5.32 Å². The summed E-state index contributed by atoms with van der Waals surface area (Å²) in [6, 6.07) is 16.2. The van der Waals surface area contributed by atoms with Gasteiger partial charge in [-0.15, -0.1) is 0 Å². The lowest BCUT2D eigenvalue weighted by Gasteiger charge is -2.16. The van der Waals surface area contributed by atoms with Crippen molar-refractivity contribution >= 4 is 11.5 Å². The lowest BCUT2D eigenvalue weighted by Crippen LogP contribution is -2.19. The van der Waals surface area contributed by atoms with E-state index in [2.05, 4.69) is 20.3 Å².